The normalized spacial score (nSPS) is 10.8. The number of rotatable bonds is 6. The molecule has 4 rings (SSSR count). The van der Waals surface area contributed by atoms with Crippen molar-refractivity contribution in [1.82, 2.24) is 5.32 Å². The number of esters is 1. The summed E-state index contributed by atoms with van der Waals surface area (Å²) in [5.41, 5.74) is 1.58. The maximum Gasteiger partial charge on any atom is 0.407 e. The van der Waals surface area contributed by atoms with Crippen LogP contribution in [0.25, 0.3) is 21.7 Å². The minimum atomic E-state index is -0.614. The van der Waals surface area contributed by atoms with Gasteiger partial charge in [-0.05, 0) is 30.2 Å². The zero-order chi connectivity index (χ0) is 22.5. The molecule has 1 aromatic heterocycles. The molecule has 162 valence electrons. The largest absolute Gasteiger partial charge is 0.445 e. The van der Waals surface area contributed by atoms with Crippen molar-refractivity contribution in [2.45, 2.75) is 20.0 Å². The van der Waals surface area contributed by atoms with Crippen molar-refractivity contribution in [3.8, 4) is 5.75 Å². The van der Waals surface area contributed by atoms with E-state index in [1.54, 1.807) is 18.2 Å². The lowest BCUT2D eigenvalue weighted by molar-refractivity contribution is -0.134. The van der Waals surface area contributed by atoms with Gasteiger partial charge in [-0.2, -0.15) is 0 Å². The summed E-state index contributed by atoms with van der Waals surface area (Å²) < 4.78 is 15.9. The topological polar surface area (TPSA) is 94.8 Å². The summed E-state index contributed by atoms with van der Waals surface area (Å²) in [6.07, 6.45) is -0.656. The fourth-order valence-electron chi connectivity index (χ4n) is 3.46. The highest BCUT2D eigenvalue weighted by Crippen LogP contribution is 2.30. The third-order valence-electron chi connectivity index (χ3n) is 4.93. The standard InChI is InChI=1S/C25H21NO6/c1-16-13-18(14-21-23(16)19-9-5-6-10-20(19)24(28)32-21)31-22(27)11-12-26-25(29)30-15-17-7-3-2-4-8-17/h2-10,13-14H,11-12,15H2,1H3,(H,26,29). The molecule has 32 heavy (non-hydrogen) atoms. The van der Waals surface area contributed by atoms with Gasteiger partial charge < -0.3 is 19.2 Å². The second-order valence-electron chi connectivity index (χ2n) is 7.26. The van der Waals surface area contributed by atoms with Crippen LogP contribution in [0.5, 0.6) is 5.75 Å². The molecule has 0 atom stereocenters. The first kappa shape index (κ1) is 21.1. The zero-order valence-corrected chi connectivity index (χ0v) is 17.4. The first-order chi connectivity index (χ1) is 15.5. The van der Waals surface area contributed by atoms with Gasteiger partial charge in [0, 0.05) is 23.4 Å². The molecule has 0 aliphatic carbocycles. The van der Waals surface area contributed by atoms with Crippen molar-refractivity contribution in [2.24, 2.45) is 0 Å². The highest BCUT2D eigenvalue weighted by molar-refractivity contribution is 6.06. The molecule has 3 aromatic carbocycles. The van der Waals surface area contributed by atoms with Crippen LogP contribution in [0.2, 0.25) is 0 Å². The van der Waals surface area contributed by atoms with Crippen LogP contribution in [0, 0.1) is 6.92 Å². The van der Waals surface area contributed by atoms with E-state index in [2.05, 4.69) is 5.32 Å². The summed E-state index contributed by atoms with van der Waals surface area (Å²) in [5, 5.41) is 4.59. The van der Waals surface area contributed by atoms with Crippen molar-refractivity contribution in [1.29, 1.82) is 0 Å². The number of carbonyl (C=O) groups excluding carboxylic acids is 2. The number of benzene rings is 3. The SMILES string of the molecule is Cc1cc(OC(=O)CCNC(=O)OCc2ccccc2)cc2oc(=O)c3ccccc3c12. The van der Waals surface area contributed by atoms with Crippen molar-refractivity contribution < 1.29 is 23.5 Å². The maximum atomic E-state index is 12.3. The lowest BCUT2D eigenvalue weighted by Gasteiger charge is -2.10. The lowest BCUT2D eigenvalue weighted by Crippen LogP contribution is -2.27. The number of nitrogens with one attached hydrogen (secondary N) is 1. The van der Waals surface area contributed by atoms with E-state index >= 15 is 0 Å². The number of fused-ring (bicyclic) bond motifs is 3. The molecule has 0 fully saturated rings. The smallest absolute Gasteiger partial charge is 0.407 e. The Morgan fingerprint density at radius 2 is 1.69 bits per heavy atom. The van der Waals surface area contributed by atoms with Gasteiger partial charge in [0.15, 0.2) is 0 Å². The van der Waals surface area contributed by atoms with Gasteiger partial charge in [0.2, 0.25) is 0 Å². The van der Waals surface area contributed by atoms with E-state index in [0.29, 0.717) is 11.0 Å². The Balaban J connectivity index is 1.36. The van der Waals surface area contributed by atoms with Gasteiger partial charge in [0.25, 0.3) is 0 Å². The van der Waals surface area contributed by atoms with E-state index < -0.39 is 17.7 Å². The lowest BCUT2D eigenvalue weighted by atomic mass is 10.0. The van der Waals surface area contributed by atoms with Crippen molar-refractivity contribution >= 4 is 33.8 Å². The Labute approximate surface area is 183 Å². The van der Waals surface area contributed by atoms with Gasteiger partial charge in [0.1, 0.15) is 17.9 Å². The number of ether oxygens (including phenoxy) is 2. The van der Waals surface area contributed by atoms with Crippen molar-refractivity contribution in [3.05, 3.63) is 88.3 Å². The predicted molar refractivity (Wildman–Crippen MR) is 120 cm³/mol. The Bertz CT molecular complexity index is 1340. The molecule has 0 saturated heterocycles. The van der Waals surface area contributed by atoms with Crippen molar-refractivity contribution in [3.63, 3.8) is 0 Å². The minimum Gasteiger partial charge on any atom is -0.445 e. The van der Waals surface area contributed by atoms with Crippen LogP contribution in [0.3, 0.4) is 0 Å². The molecule has 0 aliphatic rings. The van der Waals surface area contributed by atoms with E-state index in [4.69, 9.17) is 13.9 Å². The van der Waals surface area contributed by atoms with Crippen LogP contribution in [-0.4, -0.2) is 18.6 Å². The van der Waals surface area contributed by atoms with E-state index in [-0.39, 0.29) is 25.3 Å². The van der Waals surface area contributed by atoms with Crippen molar-refractivity contribution in [2.75, 3.05) is 6.54 Å². The number of amides is 1. The zero-order valence-electron chi connectivity index (χ0n) is 17.4. The average molecular weight is 431 g/mol. The third-order valence-corrected chi connectivity index (χ3v) is 4.93. The highest BCUT2D eigenvalue weighted by atomic mass is 16.5. The van der Waals surface area contributed by atoms with Gasteiger partial charge in [-0.25, -0.2) is 9.59 Å². The Morgan fingerprint density at radius 1 is 0.969 bits per heavy atom. The minimum absolute atomic E-state index is 0.0425. The van der Waals surface area contributed by atoms with Gasteiger partial charge in [0.05, 0.1) is 11.8 Å². The van der Waals surface area contributed by atoms with Gasteiger partial charge in [-0.1, -0.05) is 48.5 Å². The molecule has 7 nitrogen and oxygen atoms in total. The Morgan fingerprint density at radius 3 is 2.47 bits per heavy atom. The fourth-order valence-corrected chi connectivity index (χ4v) is 3.46. The molecule has 0 saturated carbocycles. The molecule has 1 N–H and O–H groups in total. The van der Waals surface area contributed by atoms with Crippen LogP contribution in [0.4, 0.5) is 4.79 Å². The van der Waals surface area contributed by atoms with Crippen LogP contribution in [0.1, 0.15) is 17.5 Å². The van der Waals surface area contributed by atoms with Crippen LogP contribution >= 0.6 is 0 Å². The summed E-state index contributed by atoms with van der Waals surface area (Å²) in [4.78, 5) is 36.2. The number of aryl methyl sites for hydroxylation is 1. The van der Waals surface area contributed by atoms with Gasteiger partial charge in [-0.3, -0.25) is 4.79 Å². The molecule has 7 heteroatoms. The quantitative estimate of drug-likeness (QED) is 0.209. The summed E-state index contributed by atoms with van der Waals surface area (Å²) in [6, 6.07) is 19.7. The first-order valence-electron chi connectivity index (χ1n) is 10.1. The molecule has 0 aliphatic heterocycles. The summed E-state index contributed by atoms with van der Waals surface area (Å²) >= 11 is 0. The van der Waals surface area contributed by atoms with E-state index in [1.165, 1.54) is 6.07 Å². The number of alkyl carbamates (subject to hydrolysis) is 1. The molecule has 0 bridgehead atoms. The molecular formula is C25H21NO6. The monoisotopic (exact) mass is 431 g/mol. The molecule has 1 amide bonds. The highest BCUT2D eigenvalue weighted by Gasteiger charge is 2.13. The molecule has 0 unspecified atom stereocenters. The predicted octanol–water partition coefficient (Wildman–Crippen LogP) is 4.48. The fraction of sp³-hybridized carbons (Fsp3) is 0.160. The number of hydrogen-bond acceptors (Lipinski definition) is 6. The van der Waals surface area contributed by atoms with E-state index in [0.717, 1.165) is 21.9 Å². The van der Waals surface area contributed by atoms with Gasteiger partial charge in [-0.15, -0.1) is 0 Å². The molecule has 1 heterocycles. The summed E-state index contributed by atoms with van der Waals surface area (Å²) in [6.45, 7) is 2.07. The third kappa shape index (κ3) is 4.78. The van der Waals surface area contributed by atoms with E-state index in [9.17, 15) is 14.4 Å². The van der Waals surface area contributed by atoms with Crippen LogP contribution < -0.4 is 15.7 Å². The Hall–Kier alpha value is -4.13. The summed E-state index contributed by atoms with van der Waals surface area (Å²) in [7, 11) is 0. The molecule has 0 spiro atoms. The van der Waals surface area contributed by atoms with Crippen LogP contribution in [-0.2, 0) is 16.1 Å². The molecule has 0 radical (unpaired) electrons. The Kier molecular flexibility index (Phi) is 6.17. The molecular weight excluding hydrogens is 410 g/mol. The maximum absolute atomic E-state index is 12.3. The summed E-state index contributed by atoms with van der Waals surface area (Å²) in [5.74, 6) is -0.264. The number of carbonyl (C=O) groups is 2. The van der Waals surface area contributed by atoms with Gasteiger partial charge >= 0.3 is 17.7 Å². The second kappa shape index (κ2) is 9.34. The van der Waals surface area contributed by atoms with Crippen LogP contribution in [0.15, 0.2) is 75.9 Å². The average Bonchev–Trinajstić information content (AvgIpc) is 2.78. The second-order valence-corrected chi connectivity index (χ2v) is 7.26. The molecule has 4 aromatic rings. The number of hydrogen-bond donors (Lipinski definition) is 1. The van der Waals surface area contributed by atoms with E-state index in [1.807, 2.05) is 49.4 Å². The first-order valence-corrected chi connectivity index (χ1v) is 10.1.